The number of hydrogen-bond acceptors (Lipinski definition) is 5. The summed E-state index contributed by atoms with van der Waals surface area (Å²) in [6, 6.07) is 11.3. The Hall–Kier alpha value is -2.61. The number of benzene rings is 1. The van der Waals surface area contributed by atoms with Crippen LogP contribution in [0.3, 0.4) is 0 Å². The van der Waals surface area contributed by atoms with Crippen molar-refractivity contribution in [3.8, 4) is 6.07 Å². The topological polar surface area (TPSA) is 73.6 Å². The molecule has 1 heterocycles. The van der Waals surface area contributed by atoms with E-state index in [2.05, 4.69) is 40.5 Å². The van der Waals surface area contributed by atoms with E-state index in [0.29, 0.717) is 23.1 Å². The average molecular weight is 281 g/mol. The van der Waals surface area contributed by atoms with Crippen LogP contribution < -0.4 is 10.6 Å². The lowest BCUT2D eigenvalue weighted by atomic mass is 10.1. The van der Waals surface area contributed by atoms with E-state index in [1.165, 1.54) is 0 Å². The summed E-state index contributed by atoms with van der Waals surface area (Å²) in [6.07, 6.45) is 2.78. The van der Waals surface area contributed by atoms with E-state index in [0.717, 1.165) is 18.8 Å². The molecule has 2 aromatic rings. The Kier molecular flexibility index (Phi) is 5.10. The Morgan fingerprint density at radius 1 is 1.24 bits per heavy atom. The lowest BCUT2D eigenvalue weighted by molar-refractivity contribution is 0.606. The van der Waals surface area contributed by atoms with Crippen molar-refractivity contribution in [2.45, 2.75) is 20.3 Å². The molecule has 1 aromatic carbocycles. The number of nitrogens with zero attached hydrogens (tertiary/aromatic N) is 3. The fraction of sp³-hybridized carbons (Fsp3) is 0.312. The second kappa shape index (κ2) is 7.25. The van der Waals surface area contributed by atoms with Gasteiger partial charge in [0.25, 0.3) is 0 Å². The van der Waals surface area contributed by atoms with Crippen LogP contribution >= 0.6 is 0 Å². The zero-order valence-corrected chi connectivity index (χ0v) is 12.3. The van der Waals surface area contributed by atoms with E-state index in [-0.39, 0.29) is 0 Å². The first-order chi connectivity index (χ1) is 10.2. The third-order valence-corrected chi connectivity index (χ3v) is 2.98. The van der Waals surface area contributed by atoms with E-state index in [9.17, 15) is 0 Å². The molecule has 0 bridgehead atoms. The first kappa shape index (κ1) is 14.8. The van der Waals surface area contributed by atoms with Crippen LogP contribution in [0.15, 0.2) is 36.5 Å². The molecule has 0 amide bonds. The average Bonchev–Trinajstić information content (AvgIpc) is 2.48. The Morgan fingerprint density at radius 3 is 2.81 bits per heavy atom. The summed E-state index contributed by atoms with van der Waals surface area (Å²) in [6.45, 7) is 5.25. The van der Waals surface area contributed by atoms with E-state index in [1.807, 2.05) is 24.3 Å². The lowest BCUT2D eigenvalue weighted by Gasteiger charge is -2.10. The van der Waals surface area contributed by atoms with Gasteiger partial charge in [0.2, 0.25) is 5.95 Å². The van der Waals surface area contributed by atoms with Crippen molar-refractivity contribution < 1.29 is 0 Å². The van der Waals surface area contributed by atoms with Gasteiger partial charge in [-0.15, -0.1) is 0 Å². The molecule has 5 nitrogen and oxygen atoms in total. The molecule has 5 heteroatoms. The fourth-order valence-corrected chi connectivity index (χ4v) is 1.82. The van der Waals surface area contributed by atoms with Gasteiger partial charge in [-0.05, 0) is 30.5 Å². The van der Waals surface area contributed by atoms with Crippen LogP contribution in [0.4, 0.5) is 17.5 Å². The van der Waals surface area contributed by atoms with Gasteiger partial charge in [-0.3, -0.25) is 0 Å². The van der Waals surface area contributed by atoms with Crippen molar-refractivity contribution in [2.24, 2.45) is 5.92 Å². The van der Waals surface area contributed by atoms with Crippen LogP contribution in [0, 0.1) is 17.2 Å². The normalized spacial score (nSPS) is 10.2. The molecule has 0 aliphatic heterocycles. The first-order valence-corrected chi connectivity index (χ1v) is 7.02. The molecule has 0 atom stereocenters. The number of rotatable bonds is 6. The lowest BCUT2D eigenvalue weighted by Crippen LogP contribution is -2.07. The van der Waals surface area contributed by atoms with Gasteiger partial charge in [0.15, 0.2) is 0 Å². The molecule has 0 aliphatic rings. The van der Waals surface area contributed by atoms with E-state index < -0.39 is 0 Å². The van der Waals surface area contributed by atoms with Gasteiger partial charge in [-0.25, -0.2) is 4.98 Å². The smallest absolute Gasteiger partial charge is 0.229 e. The molecule has 0 saturated carbocycles. The Bertz CT molecular complexity index is 631. The minimum Gasteiger partial charge on any atom is -0.370 e. The highest BCUT2D eigenvalue weighted by molar-refractivity contribution is 5.63. The third-order valence-electron chi connectivity index (χ3n) is 2.98. The number of nitriles is 1. The van der Waals surface area contributed by atoms with Crippen LogP contribution in [0.2, 0.25) is 0 Å². The number of hydrogen-bond donors (Lipinski definition) is 2. The highest BCUT2D eigenvalue weighted by Crippen LogP contribution is 2.18. The molecule has 2 rings (SSSR count). The number of nitrogens with one attached hydrogen (secondary N) is 2. The summed E-state index contributed by atoms with van der Waals surface area (Å²) in [7, 11) is 0. The predicted octanol–water partition coefficient (Wildman–Crippen LogP) is 3.55. The van der Waals surface area contributed by atoms with E-state index >= 15 is 0 Å². The minimum absolute atomic E-state index is 0.479. The largest absolute Gasteiger partial charge is 0.370 e. The van der Waals surface area contributed by atoms with Gasteiger partial charge in [0.1, 0.15) is 11.9 Å². The molecule has 0 saturated heterocycles. The molecule has 0 spiro atoms. The first-order valence-electron chi connectivity index (χ1n) is 7.02. The van der Waals surface area contributed by atoms with Crippen molar-refractivity contribution >= 4 is 17.5 Å². The molecule has 1 aromatic heterocycles. The monoisotopic (exact) mass is 281 g/mol. The summed E-state index contributed by atoms with van der Waals surface area (Å²) < 4.78 is 0. The minimum atomic E-state index is 0.479. The Balaban J connectivity index is 2.06. The van der Waals surface area contributed by atoms with Gasteiger partial charge in [0, 0.05) is 12.7 Å². The Labute approximate surface area is 125 Å². The molecule has 0 aliphatic carbocycles. The molecule has 21 heavy (non-hydrogen) atoms. The van der Waals surface area contributed by atoms with Gasteiger partial charge in [0.05, 0.1) is 11.3 Å². The van der Waals surface area contributed by atoms with Crippen molar-refractivity contribution in [3.05, 3.63) is 42.1 Å². The maximum absolute atomic E-state index is 9.08. The quantitative estimate of drug-likeness (QED) is 0.847. The second-order valence-corrected chi connectivity index (χ2v) is 5.16. The molecule has 0 fully saturated rings. The summed E-state index contributed by atoms with van der Waals surface area (Å²) >= 11 is 0. The van der Waals surface area contributed by atoms with Crippen LogP contribution in [0.1, 0.15) is 25.8 Å². The van der Waals surface area contributed by atoms with E-state index in [4.69, 9.17) is 5.26 Å². The molecule has 0 unspecified atom stereocenters. The second-order valence-electron chi connectivity index (χ2n) is 5.16. The standard InChI is InChI=1S/C16H19N5/c1-12(2)7-9-18-15-8-10-19-16(21-15)20-14-6-4-3-5-13(14)11-17/h3-6,8,10,12H,7,9H2,1-2H3,(H2,18,19,20,21). The highest BCUT2D eigenvalue weighted by Gasteiger charge is 2.04. The summed E-state index contributed by atoms with van der Waals surface area (Å²) in [4.78, 5) is 8.58. The molecule has 0 radical (unpaired) electrons. The van der Waals surface area contributed by atoms with E-state index in [1.54, 1.807) is 12.3 Å². The molecular formula is C16H19N5. The zero-order chi connectivity index (χ0) is 15.1. The van der Waals surface area contributed by atoms with Gasteiger partial charge in [-0.2, -0.15) is 10.2 Å². The van der Waals surface area contributed by atoms with Crippen molar-refractivity contribution in [2.75, 3.05) is 17.2 Å². The number of aromatic nitrogens is 2. The summed E-state index contributed by atoms with van der Waals surface area (Å²) in [5.41, 5.74) is 1.28. The summed E-state index contributed by atoms with van der Waals surface area (Å²) in [5, 5.41) is 15.4. The number of para-hydroxylation sites is 1. The SMILES string of the molecule is CC(C)CCNc1ccnc(Nc2ccccc2C#N)n1. The number of anilines is 3. The third kappa shape index (κ3) is 4.46. The van der Waals surface area contributed by atoms with Crippen LogP contribution in [-0.4, -0.2) is 16.5 Å². The zero-order valence-electron chi connectivity index (χ0n) is 12.3. The fourth-order valence-electron chi connectivity index (χ4n) is 1.82. The van der Waals surface area contributed by atoms with Gasteiger partial charge >= 0.3 is 0 Å². The van der Waals surface area contributed by atoms with Crippen molar-refractivity contribution in [1.82, 2.24) is 9.97 Å². The maximum atomic E-state index is 9.08. The van der Waals surface area contributed by atoms with Gasteiger partial charge in [-0.1, -0.05) is 26.0 Å². The van der Waals surface area contributed by atoms with Crippen molar-refractivity contribution in [3.63, 3.8) is 0 Å². The van der Waals surface area contributed by atoms with Crippen LogP contribution in [0.25, 0.3) is 0 Å². The van der Waals surface area contributed by atoms with Crippen LogP contribution in [0.5, 0.6) is 0 Å². The summed E-state index contributed by atoms with van der Waals surface area (Å²) in [5.74, 6) is 1.91. The van der Waals surface area contributed by atoms with Gasteiger partial charge < -0.3 is 10.6 Å². The Morgan fingerprint density at radius 2 is 2.05 bits per heavy atom. The molecule has 108 valence electrons. The van der Waals surface area contributed by atoms with Crippen LogP contribution in [-0.2, 0) is 0 Å². The molecule has 2 N–H and O–H groups in total. The highest BCUT2D eigenvalue weighted by atomic mass is 15.1. The predicted molar refractivity (Wildman–Crippen MR) is 84.4 cm³/mol. The maximum Gasteiger partial charge on any atom is 0.229 e. The molecular weight excluding hydrogens is 262 g/mol. The van der Waals surface area contributed by atoms with Crippen molar-refractivity contribution in [1.29, 1.82) is 5.26 Å².